The second-order valence-corrected chi connectivity index (χ2v) is 7.90. The van der Waals surface area contributed by atoms with Crippen LogP contribution in [0.3, 0.4) is 0 Å². The second-order valence-electron chi connectivity index (χ2n) is 7.90. The number of hydrogen-bond donors (Lipinski definition) is 2. The number of hydrogen-bond acceptors (Lipinski definition) is 5. The summed E-state index contributed by atoms with van der Waals surface area (Å²) >= 11 is 0. The number of halogens is 1. The van der Waals surface area contributed by atoms with Gasteiger partial charge in [-0.05, 0) is 54.7 Å². The SMILES string of the molecule is COc1ccc2cc(CNCc3ccc(F)cc3)c(N3CCCC(CO)C3)nc2c1. The van der Waals surface area contributed by atoms with Crippen LogP contribution in [0.4, 0.5) is 10.2 Å². The molecule has 3 aromatic rings. The lowest BCUT2D eigenvalue weighted by Crippen LogP contribution is -2.38. The van der Waals surface area contributed by atoms with E-state index in [2.05, 4.69) is 16.3 Å². The van der Waals surface area contributed by atoms with E-state index in [1.165, 1.54) is 12.1 Å². The summed E-state index contributed by atoms with van der Waals surface area (Å²) in [5.41, 5.74) is 3.06. The van der Waals surface area contributed by atoms with E-state index in [4.69, 9.17) is 9.72 Å². The van der Waals surface area contributed by atoms with Gasteiger partial charge in [-0.15, -0.1) is 0 Å². The van der Waals surface area contributed by atoms with E-state index in [9.17, 15) is 9.50 Å². The molecule has 0 saturated carbocycles. The van der Waals surface area contributed by atoms with Crippen LogP contribution in [0.2, 0.25) is 0 Å². The Bertz CT molecular complexity index is 994. The van der Waals surface area contributed by atoms with Crippen LogP contribution in [-0.4, -0.2) is 36.9 Å². The topological polar surface area (TPSA) is 57.6 Å². The Morgan fingerprint density at radius 2 is 2.00 bits per heavy atom. The third kappa shape index (κ3) is 4.71. The number of aromatic nitrogens is 1. The van der Waals surface area contributed by atoms with E-state index in [1.807, 2.05) is 18.2 Å². The number of nitrogens with one attached hydrogen (secondary N) is 1. The number of aliphatic hydroxyl groups is 1. The van der Waals surface area contributed by atoms with E-state index in [1.54, 1.807) is 19.2 Å². The maximum atomic E-state index is 13.1. The highest BCUT2D eigenvalue weighted by molar-refractivity contribution is 5.83. The summed E-state index contributed by atoms with van der Waals surface area (Å²) in [6.07, 6.45) is 2.10. The standard InChI is InChI=1S/C24H28FN3O2/c1-30-22-9-6-19-11-20(14-26-13-17-4-7-21(25)8-5-17)24(27-23(19)12-22)28-10-2-3-18(15-28)16-29/h4-9,11-12,18,26,29H,2-3,10,13-16H2,1H3. The van der Waals surface area contributed by atoms with E-state index in [-0.39, 0.29) is 18.3 Å². The smallest absolute Gasteiger partial charge is 0.133 e. The third-order valence-electron chi connectivity index (χ3n) is 5.72. The largest absolute Gasteiger partial charge is 0.497 e. The van der Waals surface area contributed by atoms with Crippen molar-refractivity contribution < 1.29 is 14.2 Å². The Labute approximate surface area is 176 Å². The average Bonchev–Trinajstić information content (AvgIpc) is 2.79. The molecule has 1 fully saturated rings. The predicted octanol–water partition coefficient (Wildman–Crippen LogP) is 3.88. The van der Waals surface area contributed by atoms with Crippen LogP contribution in [-0.2, 0) is 13.1 Å². The molecule has 0 aliphatic carbocycles. The van der Waals surface area contributed by atoms with Crippen LogP contribution >= 0.6 is 0 Å². The minimum atomic E-state index is -0.223. The number of benzene rings is 2. The van der Waals surface area contributed by atoms with Gasteiger partial charge < -0.3 is 20.1 Å². The summed E-state index contributed by atoms with van der Waals surface area (Å²) in [6, 6.07) is 14.7. The molecule has 2 N–H and O–H groups in total. The highest BCUT2D eigenvalue weighted by atomic mass is 19.1. The molecule has 0 bridgehead atoms. The van der Waals surface area contributed by atoms with Gasteiger partial charge in [-0.25, -0.2) is 9.37 Å². The van der Waals surface area contributed by atoms with Crippen molar-refractivity contribution >= 4 is 16.7 Å². The summed E-state index contributed by atoms with van der Waals surface area (Å²) in [4.78, 5) is 7.28. The van der Waals surface area contributed by atoms with Crippen LogP contribution in [0.5, 0.6) is 5.75 Å². The zero-order chi connectivity index (χ0) is 20.9. The van der Waals surface area contributed by atoms with E-state index >= 15 is 0 Å². The van der Waals surface area contributed by atoms with Gasteiger partial charge in [0, 0.05) is 49.8 Å². The molecular formula is C24H28FN3O2. The number of nitrogens with zero attached hydrogens (tertiary/aromatic N) is 2. The molecule has 1 atom stereocenters. The van der Waals surface area contributed by atoms with Gasteiger partial charge in [0.15, 0.2) is 0 Å². The number of fused-ring (bicyclic) bond motifs is 1. The van der Waals surface area contributed by atoms with Crippen molar-refractivity contribution in [2.45, 2.75) is 25.9 Å². The van der Waals surface area contributed by atoms with Crippen molar-refractivity contribution in [2.24, 2.45) is 5.92 Å². The minimum Gasteiger partial charge on any atom is -0.497 e. The predicted molar refractivity (Wildman–Crippen MR) is 117 cm³/mol. The molecule has 2 aromatic carbocycles. The number of ether oxygens (including phenoxy) is 1. The van der Waals surface area contributed by atoms with Gasteiger partial charge in [0.05, 0.1) is 12.6 Å². The molecule has 4 rings (SSSR count). The van der Waals surface area contributed by atoms with Gasteiger partial charge in [-0.3, -0.25) is 0 Å². The van der Waals surface area contributed by atoms with E-state index < -0.39 is 0 Å². The second kappa shape index (κ2) is 9.41. The van der Waals surface area contributed by atoms with Crippen molar-refractivity contribution in [3.8, 4) is 5.75 Å². The van der Waals surface area contributed by atoms with Crippen molar-refractivity contribution in [3.05, 3.63) is 65.5 Å². The number of anilines is 1. The van der Waals surface area contributed by atoms with Crippen LogP contribution < -0.4 is 15.0 Å². The Morgan fingerprint density at radius 1 is 1.17 bits per heavy atom. The fraction of sp³-hybridized carbons (Fsp3) is 0.375. The van der Waals surface area contributed by atoms with Crippen LogP contribution in [0, 0.1) is 11.7 Å². The van der Waals surface area contributed by atoms with Crippen LogP contribution in [0.25, 0.3) is 10.9 Å². The van der Waals surface area contributed by atoms with Gasteiger partial charge in [0.25, 0.3) is 0 Å². The molecule has 1 aliphatic heterocycles. The summed E-state index contributed by atoms with van der Waals surface area (Å²) in [5, 5.41) is 14.2. The highest BCUT2D eigenvalue weighted by Gasteiger charge is 2.23. The highest BCUT2D eigenvalue weighted by Crippen LogP contribution is 2.29. The molecular weight excluding hydrogens is 381 g/mol. The Balaban J connectivity index is 1.60. The fourth-order valence-corrected chi connectivity index (χ4v) is 4.06. The molecule has 1 saturated heterocycles. The van der Waals surface area contributed by atoms with Crippen molar-refractivity contribution in [1.29, 1.82) is 0 Å². The van der Waals surface area contributed by atoms with Gasteiger partial charge >= 0.3 is 0 Å². The molecule has 1 unspecified atom stereocenters. The number of rotatable bonds is 7. The normalized spacial score (nSPS) is 16.8. The lowest BCUT2D eigenvalue weighted by atomic mass is 9.98. The van der Waals surface area contributed by atoms with Crippen LogP contribution in [0.1, 0.15) is 24.0 Å². The van der Waals surface area contributed by atoms with Gasteiger partial charge in [0.2, 0.25) is 0 Å². The molecule has 1 aliphatic rings. The van der Waals surface area contributed by atoms with Crippen molar-refractivity contribution in [2.75, 3.05) is 31.7 Å². The lowest BCUT2D eigenvalue weighted by molar-refractivity contribution is 0.208. The first-order chi connectivity index (χ1) is 14.7. The molecule has 6 heteroatoms. The van der Waals surface area contributed by atoms with Gasteiger partial charge in [-0.1, -0.05) is 12.1 Å². The minimum absolute atomic E-state index is 0.204. The van der Waals surface area contributed by atoms with Crippen LogP contribution in [0.15, 0.2) is 48.5 Å². The van der Waals surface area contributed by atoms with E-state index in [0.717, 1.165) is 59.5 Å². The van der Waals surface area contributed by atoms with Gasteiger partial charge in [-0.2, -0.15) is 0 Å². The zero-order valence-electron chi connectivity index (χ0n) is 17.3. The summed E-state index contributed by atoms with van der Waals surface area (Å²) < 4.78 is 18.5. The average molecular weight is 410 g/mol. The monoisotopic (exact) mass is 409 g/mol. The number of pyridine rings is 1. The number of piperidine rings is 1. The molecule has 0 spiro atoms. The summed E-state index contributed by atoms with van der Waals surface area (Å²) in [6.45, 7) is 3.26. The van der Waals surface area contributed by atoms with Crippen molar-refractivity contribution in [3.63, 3.8) is 0 Å². The molecule has 1 aromatic heterocycles. The first kappa shape index (κ1) is 20.6. The molecule has 0 radical (unpaired) electrons. The number of methoxy groups -OCH3 is 1. The molecule has 158 valence electrons. The van der Waals surface area contributed by atoms with Gasteiger partial charge in [0.1, 0.15) is 17.4 Å². The first-order valence-corrected chi connectivity index (χ1v) is 10.4. The van der Waals surface area contributed by atoms with Crippen molar-refractivity contribution in [1.82, 2.24) is 10.3 Å². The third-order valence-corrected chi connectivity index (χ3v) is 5.72. The summed E-state index contributed by atoms with van der Waals surface area (Å²) in [5.74, 6) is 1.80. The Hall–Kier alpha value is -2.70. The lowest BCUT2D eigenvalue weighted by Gasteiger charge is -2.34. The Kier molecular flexibility index (Phi) is 6.45. The number of aliphatic hydroxyl groups excluding tert-OH is 1. The maximum absolute atomic E-state index is 13.1. The first-order valence-electron chi connectivity index (χ1n) is 10.4. The van der Waals surface area contributed by atoms with E-state index in [0.29, 0.717) is 13.1 Å². The Morgan fingerprint density at radius 3 is 2.77 bits per heavy atom. The molecule has 2 heterocycles. The fourth-order valence-electron chi connectivity index (χ4n) is 4.06. The molecule has 5 nitrogen and oxygen atoms in total. The quantitative estimate of drug-likeness (QED) is 0.620. The maximum Gasteiger partial charge on any atom is 0.133 e. The molecule has 0 amide bonds. The summed E-state index contributed by atoms with van der Waals surface area (Å²) in [7, 11) is 1.66. The molecule has 30 heavy (non-hydrogen) atoms. The zero-order valence-corrected chi connectivity index (χ0v) is 17.3.